The van der Waals surface area contributed by atoms with E-state index in [4.69, 9.17) is 10.5 Å². The molecule has 1 aliphatic heterocycles. The zero-order chi connectivity index (χ0) is 12.5. The van der Waals surface area contributed by atoms with E-state index in [1.54, 1.807) is 7.05 Å². The summed E-state index contributed by atoms with van der Waals surface area (Å²) in [6, 6.07) is 2.70. The second-order valence-corrected chi connectivity index (χ2v) is 5.95. The van der Waals surface area contributed by atoms with E-state index in [1.165, 1.54) is 22.6 Å². The van der Waals surface area contributed by atoms with Crippen LogP contribution in [0, 0.1) is 0 Å². The zero-order valence-electron chi connectivity index (χ0n) is 9.54. The lowest BCUT2D eigenvalue weighted by molar-refractivity contribution is 0.181. The lowest BCUT2D eigenvalue weighted by atomic mass is 10.3. The second-order valence-electron chi connectivity index (χ2n) is 3.96. The van der Waals surface area contributed by atoms with E-state index in [-0.39, 0.29) is 16.8 Å². The van der Waals surface area contributed by atoms with E-state index in [2.05, 4.69) is 4.98 Å². The average Bonchev–Trinajstić information content (AvgIpc) is 2.81. The average molecular weight is 257 g/mol. The lowest BCUT2D eigenvalue weighted by Gasteiger charge is -2.22. The highest BCUT2D eigenvalue weighted by Gasteiger charge is 2.30. The van der Waals surface area contributed by atoms with E-state index >= 15 is 0 Å². The molecule has 6 nitrogen and oxygen atoms in total. The largest absolute Gasteiger partial charge is 0.384 e. The van der Waals surface area contributed by atoms with Crippen molar-refractivity contribution >= 4 is 15.8 Å². The Hall–Kier alpha value is -1.18. The van der Waals surface area contributed by atoms with Crippen molar-refractivity contribution in [3.63, 3.8) is 0 Å². The molecule has 1 aromatic rings. The minimum Gasteiger partial charge on any atom is -0.384 e. The Balaban J connectivity index is 2.29. The number of ether oxygens (including phenoxy) is 1. The molecule has 1 atom stereocenters. The maximum absolute atomic E-state index is 12.3. The predicted molar refractivity (Wildman–Crippen MR) is 62.8 cm³/mol. The summed E-state index contributed by atoms with van der Waals surface area (Å²) < 4.78 is 31.0. The summed E-state index contributed by atoms with van der Waals surface area (Å²) in [5.74, 6) is 0.196. The SMILES string of the molecule is CN(C1CCOC1)S(=O)(=O)c1ccnc(N)c1. The normalized spacial score (nSPS) is 20.9. The van der Waals surface area contributed by atoms with Gasteiger partial charge in [0.2, 0.25) is 10.0 Å². The fourth-order valence-electron chi connectivity index (χ4n) is 1.76. The molecule has 0 spiro atoms. The first kappa shape index (κ1) is 12.3. The number of pyridine rings is 1. The number of nitrogen functional groups attached to an aromatic ring is 1. The number of sulfonamides is 1. The van der Waals surface area contributed by atoms with Gasteiger partial charge in [0.1, 0.15) is 5.82 Å². The second kappa shape index (κ2) is 4.59. The van der Waals surface area contributed by atoms with E-state index in [1.807, 2.05) is 0 Å². The van der Waals surface area contributed by atoms with E-state index in [0.717, 1.165) is 6.42 Å². The van der Waals surface area contributed by atoms with E-state index in [9.17, 15) is 8.42 Å². The Morgan fingerprint density at radius 1 is 1.59 bits per heavy atom. The van der Waals surface area contributed by atoms with Crippen LogP contribution in [-0.2, 0) is 14.8 Å². The molecule has 0 aromatic carbocycles. The van der Waals surface area contributed by atoms with Gasteiger partial charge in [0.25, 0.3) is 0 Å². The maximum atomic E-state index is 12.3. The molecule has 94 valence electrons. The van der Waals surface area contributed by atoms with E-state index in [0.29, 0.717) is 13.2 Å². The zero-order valence-corrected chi connectivity index (χ0v) is 10.4. The van der Waals surface area contributed by atoms with Gasteiger partial charge in [-0.2, -0.15) is 4.31 Å². The Bertz CT molecular complexity index is 497. The van der Waals surface area contributed by atoms with Gasteiger partial charge in [-0.3, -0.25) is 0 Å². The fourth-order valence-corrected chi connectivity index (χ4v) is 3.15. The van der Waals surface area contributed by atoms with Crippen molar-refractivity contribution in [1.29, 1.82) is 0 Å². The number of hydrogen-bond acceptors (Lipinski definition) is 5. The molecule has 0 radical (unpaired) electrons. The summed E-state index contributed by atoms with van der Waals surface area (Å²) in [6.45, 7) is 1.04. The topological polar surface area (TPSA) is 85.5 Å². The molecule has 0 bridgehead atoms. The number of nitrogens with two attached hydrogens (primary N) is 1. The Morgan fingerprint density at radius 3 is 2.94 bits per heavy atom. The highest BCUT2D eigenvalue weighted by atomic mass is 32.2. The van der Waals surface area contributed by atoms with Crippen LogP contribution in [0.15, 0.2) is 23.2 Å². The summed E-state index contributed by atoms with van der Waals surface area (Å²) in [5, 5.41) is 0. The number of hydrogen-bond donors (Lipinski definition) is 1. The van der Waals surface area contributed by atoms with Gasteiger partial charge in [-0.1, -0.05) is 0 Å². The minimum absolute atomic E-state index is 0.102. The molecule has 0 saturated carbocycles. The Morgan fingerprint density at radius 2 is 2.35 bits per heavy atom. The first-order chi connectivity index (χ1) is 8.01. The molecule has 2 heterocycles. The van der Waals surface area contributed by atoms with Gasteiger partial charge >= 0.3 is 0 Å². The van der Waals surface area contributed by atoms with Crippen molar-refractivity contribution in [2.24, 2.45) is 0 Å². The van der Waals surface area contributed by atoms with Crippen LogP contribution in [0.1, 0.15) is 6.42 Å². The third kappa shape index (κ3) is 2.41. The molecule has 1 aliphatic rings. The maximum Gasteiger partial charge on any atom is 0.243 e. The highest BCUT2D eigenvalue weighted by Crippen LogP contribution is 2.21. The van der Waals surface area contributed by atoms with Crippen molar-refractivity contribution in [1.82, 2.24) is 9.29 Å². The van der Waals surface area contributed by atoms with Gasteiger partial charge in [-0.25, -0.2) is 13.4 Å². The number of aromatic nitrogens is 1. The molecule has 7 heteroatoms. The lowest BCUT2D eigenvalue weighted by Crippen LogP contribution is -2.37. The summed E-state index contributed by atoms with van der Waals surface area (Å²) in [4.78, 5) is 3.95. The standard InChI is InChI=1S/C10H15N3O3S/c1-13(8-3-5-16-7-8)17(14,15)9-2-4-12-10(11)6-9/h2,4,6,8H,3,5,7H2,1H3,(H2,11,12). The van der Waals surface area contributed by atoms with Gasteiger partial charge in [-0.05, 0) is 12.5 Å². The minimum atomic E-state index is -3.51. The highest BCUT2D eigenvalue weighted by molar-refractivity contribution is 7.89. The molecule has 2 N–H and O–H groups in total. The fraction of sp³-hybridized carbons (Fsp3) is 0.500. The van der Waals surface area contributed by atoms with Crippen LogP contribution in [0.3, 0.4) is 0 Å². The number of anilines is 1. The summed E-state index contributed by atoms with van der Waals surface area (Å²) in [7, 11) is -1.95. The van der Waals surface area contributed by atoms with Crippen molar-refractivity contribution in [3.05, 3.63) is 18.3 Å². The molecule has 0 amide bonds. The van der Waals surface area contributed by atoms with Crippen LogP contribution in [0.5, 0.6) is 0 Å². The van der Waals surface area contributed by atoms with Crippen LogP contribution >= 0.6 is 0 Å². The first-order valence-corrected chi connectivity index (χ1v) is 6.73. The van der Waals surface area contributed by atoms with E-state index < -0.39 is 10.0 Å². The van der Waals surface area contributed by atoms with Gasteiger partial charge < -0.3 is 10.5 Å². The van der Waals surface area contributed by atoms with Gasteiger partial charge in [0.15, 0.2) is 0 Å². The summed E-state index contributed by atoms with van der Waals surface area (Å²) >= 11 is 0. The molecule has 1 saturated heterocycles. The van der Waals surface area contributed by atoms with Crippen LogP contribution < -0.4 is 5.73 Å². The molecule has 1 fully saturated rings. The first-order valence-electron chi connectivity index (χ1n) is 5.29. The van der Waals surface area contributed by atoms with Crippen molar-refractivity contribution in [3.8, 4) is 0 Å². The van der Waals surface area contributed by atoms with Crippen molar-refractivity contribution < 1.29 is 13.2 Å². The van der Waals surface area contributed by atoms with Crippen LogP contribution in [0.4, 0.5) is 5.82 Å². The quantitative estimate of drug-likeness (QED) is 0.828. The Kier molecular flexibility index (Phi) is 3.32. The van der Waals surface area contributed by atoms with Crippen molar-refractivity contribution in [2.45, 2.75) is 17.4 Å². The monoisotopic (exact) mass is 257 g/mol. The molecule has 1 aromatic heterocycles. The van der Waals surface area contributed by atoms with Gasteiger partial charge in [0, 0.05) is 25.9 Å². The van der Waals surface area contributed by atoms with Crippen molar-refractivity contribution in [2.75, 3.05) is 26.0 Å². The third-order valence-corrected chi connectivity index (χ3v) is 4.76. The number of rotatable bonds is 3. The molecular weight excluding hydrogens is 242 g/mol. The van der Waals surface area contributed by atoms with Gasteiger partial charge in [-0.15, -0.1) is 0 Å². The molecule has 0 aliphatic carbocycles. The predicted octanol–water partition coefficient (Wildman–Crippen LogP) is 0.0732. The number of nitrogens with zero attached hydrogens (tertiary/aromatic N) is 2. The summed E-state index contributed by atoms with van der Waals surface area (Å²) in [5.41, 5.74) is 5.49. The Labute approximate surface area is 100 Å². The molecule has 1 unspecified atom stereocenters. The van der Waals surface area contributed by atoms with Crippen LogP contribution in [-0.4, -0.2) is 44.0 Å². The number of likely N-dealkylation sites (N-methyl/N-ethyl adjacent to an activating group) is 1. The molecule has 2 rings (SSSR count). The molecular formula is C10H15N3O3S. The molecule has 17 heavy (non-hydrogen) atoms. The summed E-state index contributed by atoms with van der Waals surface area (Å²) in [6.07, 6.45) is 2.11. The van der Waals surface area contributed by atoms with Crippen LogP contribution in [0.2, 0.25) is 0 Å². The van der Waals surface area contributed by atoms with Crippen LogP contribution in [0.25, 0.3) is 0 Å². The third-order valence-electron chi connectivity index (χ3n) is 2.85. The van der Waals surface area contributed by atoms with Gasteiger partial charge in [0.05, 0.1) is 17.5 Å². The smallest absolute Gasteiger partial charge is 0.243 e.